The Morgan fingerprint density at radius 3 is 2.70 bits per heavy atom. The Morgan fingerprint density at radius 2 is 1.93 bits per heavy atom. The zero-order valence-corrected chi connectivity index (χ0v) is 15.2. The monoisotopic (exact) mass is 376 g/mol. The number of carbonyl (C=O) groups is 1. The average molecular weight is 377 g/mol. The largest absolute Gasteiger partial charge is 0.480 e. The van der Waals surface area contributed by atoms with Gasteiger partial charge >= 0.3 is 0 Å². The van der Waals surface area contributed by atoms with Crippen LogP contribution in [0, 0.1) is 12.3 Å². The molecule has 0 saturated heterocycles. The van der Waals surface area contributed by atoms with E-state index in [2.05, 4.69) is 16.4 Å². The predicted molar refractivity (Wildman–Crippen MR) is 109 cm³/mol. The third-order valence-corrected chi connectivity index (χ3v) is 4.15. The molecule has 0 aromatic heterocycles. The first-order valence-corrected chi connectivity index (χ1v) is 8.69. The molecule has 4 nitrogen and oxygen atoms in total. The van der Waals surface area contributed by atoms with E-state index in [4.69, 9.17) is 22.8 Å². The molecule has 0 fully saturated rings. The Morgan fingerprint density at radius 1 is 1.15 bits per heavy atom. The number of amides is 1. The van der Waals surface area contributed by atoms with Gasteiger partial charge in [-0.1, -0.05) is 60.0 Å². The number of nitrogens with zero attached hydrogens (tertiary/aromatic N) is 1. The van der Waals surface area contributed by atoms with Crippen molar-refractivity contribution in [3.63, 3.8) is 0 Å². The van der Waals surface area contributed by atoms with Crippen LogP contribution in [-0.2, 0) is 11.2 Å². The first kappa shape index (κ1) is 18.5. The van der Waals surface area contributed by atoms with Gasteiger partial charge in [0.05, 0.1) is 12.6 Å². The Bertz CT molecular complexity index is 1020. The van der Waals surface area contributed by atoms with Crippen LogP contribution >= 0.6 is 11.6 Å². The lowest BCUT2D eigenvalue weighted by molar-refractivity contribution is -0.120. The van der Waals surface area contributed by atoms with Crippen molar-refractivity contribution in [3.8, 4) is 18.1 Å². The quantitative estimate of drug-likeness (QED) is 0.398. The van der Waals surface area contributed by atoms with Gasteiger partial charge in [0.1, 0.15) is 12.4 Å². The van der Waals surface area contributed by atoms with Gasteiger partial charge in [-0.15, -0.1) is 6.42 Å². The van der Waals surface area contributed by atoms with Gasteiger partial charge in [-0.3, -0.25) is 4.79 Å². The number of benzene rings is 3. The second kappa shape index (κ2) is 8.88. The summed E-state index contributed by atoms with van der Waals surface area (Å²) in [6.07, 6.45) is 7.08. The summed E-state index contributed by atoms with van der Waals surface area (Å²) in [7, 11) is 0. The summed E-state index contributed by atoms with van der Waals surface area (Å²) in [4.78, 5) is 12.1. The van der Waals surface area contributed by atoms with Crippen LogP contribution in [-0.4, -0.2) is 18.7 Å². The molecular formula is C22H17ClN2O2. The molecular weight excluding hydrogens is 360 g/mol. The van der Waals surface area contributed by atoms with Gasteiger partial charge in [0, 0.05) is 10.6 Å². The molecule has 27 heavy (non-hydrogen) atoms. The zero-order valence-electron chi connectivity index (χ0n) is 14.5. The number of rotatable bonds is 6. The van der Waals surface area contributed by atoms with Crippen molar-refractivity contribution in [2.75, 3.05) is 6.61 Å². The van der Waals surface area contributed by atoms with Gasteiger partial charge in [-0.2, -0.15) is 5.10 Å². The molecule has 3 aromatic carbocycles. The van der Waals surface area contributed by atoms with Crippen LogP contribution in [0.1, 0.15) is 11.1 Å². The number of terminal acetylenes is 1. The summed E-state index contributed by atoms with van der Waals surface area (Å²) in [6, 6.07) is 18.8. The molecule has 1 amide bonds. The molecule has 5 heteroatoms. The fraction of sp³-hybridized carbons (Fsp3) is 0.0909. The van der Waals surface area contributed by atoms with Crippen LogP contribution in [0.2, 0.25) is 5.02 Å². The topological polar surface area (TPSA) is 50.7 Å². The summed E-state index contributed by atoms with van der Waals surface area (Å²) in [5.41, 5.74) is 4.16. The van der Waals surface area contributed by atoms with E-state index in [0.29, 0.717) is 10.8 Å². The molecule has 0 saturated carbocycles. The molecule has 0 aliphatic heterocycles. The summed E-state index contributed by atoms with van der Waals surface area (Å²) in [5.74, 6) is 2.84. The lowest BCUT2D eigenvalue weighted by Crippen LogP contribution is -2.19. The van der Waals surface area contributed by atoms with Crippen LogP contribution < -0.4 is 10.2 Å². The Balaban J connectivity index is 1.77. The number of halogens is 1. The first-order chi connectivity index (χ1) is 13.2. The molecule has 0 radical (unpaired) electrons. The van der Waals surface area contributed by atoms with Crippen molar-refractivity contribution in [2.24, 2.45) is 5.10 Å². The minimum atomic E-state index is -0.222. The molecule has 0 atom stereocenters. The first-order valence-electron chi connectivity index (χ1n) is 8.32. The zero-order chi connectivity index (χ0) is 19.1. The molecule has 0 spiro atoms. The van der Waals surface area contributed by atoms with E-state index in [1.54, 1.807) is 18.3 Å². The van der Waals surface area contributed by atoms with Gasteiger partial charge in [-0.05, 0) is 34.5 Å². The van der Waals surface area contributed by atoms with Crippen molar-refractivity contribution in [1.82, 2.24) is 5.43 Å². The lowest BCUT2D eigenvalue weighted by atomic mass is 10.0. The highest BCUT2D eigenvalue weighted by atomic mass is 35.5. The average Bonchev–Trinajstić information content (AvgIpc) is 2.69. The van der Waals surface area contributed by atoms with E-state index >= 15 is 0 Å². The molecule has 134 valence electrons. The van der Waals surface area contributed by atoms with Crippen LogP contribution in [0.5, 0.6) is 5.75 Å². The molecule has 0 bridgehead atoms. The molecule has 1 N–H and O–H groups in total. The van der Waals surface area contributed by atoms with E-state index in [9.17, 15) is 4.79 Å². The number of hydrazone groups is 1. The predicted octanol–water partition coefficient (Wildman–Crippen LogP) is 4.20. The molecule has 0 aliphatic carbocycles. The standard InChI is InChI=1S/C22H17ClN2O2/c1-2-13-27-21-12-9-17-5-3-4-6-19(17)20(21)15-24-25-22(26)14-16-7-10-18(23)11-8-16/h1,3-12,15H,13-14H2,(H,25,26)/b24-15+. The highest BCUT2D eigenvalue weighted by molar-refractivity contribution is 6.30. The maximum Gasteiger partial charge on any atom is 0.244 e. The summed E-state index contributed by atoms with van der Waals surface area (Å²) in [6.45, 7) is 0.155. The minimum absolute atomic E-state index is 0.155. The van der Waals surface area contributed by atoms with Crippen molar-refractivity contribution in [1.29, 1.82) is 0 Å². The van der Waals surface area contributed by atoms with E-state index in [1.165, 1.54) is 0 Å². The number of hydrogen-bond acceptors (Lipinski definition) is 3. The van der Waals surface area contributed by atoms with Crippen molar-refractivity contribution in [2.45, 2.75) is 6.42 Å². The van der Waals surface area contributed by atoms with Crippen LogP contribution in [0.3, 0.4) is 0 Å². The van der Waals surface area contributed by atoms with E-state index in [-0.39, 0.29) is 18.9 Å². The smallest absolute Gasteiger partial charge is 0.244 e. The molecule has 0 heterocycles. The maximum atomic E-state index is 12.1. The van der Waals surface area contributed by atoms with Gasteiger partial charge in [0.15, 0.2) is 0 Å². The van der Waals surface area contributed by atoms with Crippen molar-refractivity contribution >= 4 is 34.5 Å². The number of fused-ring (bicyclic) bond motifs is 1. The van der Waals surface area contributed by atoms with E-state index in [0.717, 1.165) is 21.9 Å². The van der Waals surface area contributed by atoms with Gasteiger partial charge in [0.2, 0.25) is 5.91 Å². The minimum Gasteiger partial charge on any atom is -0.480 e. The lowest BCUT2D eigenvalue weighted by Gasteiger charge is -2.09. The third-order valence-electron chi connectivity index (χ3n) is 3.90. The van der Waals surface area contributed by atoms with Crippen molar-refractivity contribution in [3.05, 3.63) is 76.8 Å². The number of hydrogen-bond donors (Lipinski definition) is 1. The van der Waals surface area contributed by atoms with Crippen LogP contribution in [0.25, 0.3) is 10.8 Å². The Labute approximate surface area is 162 Å². The van der Waals surface area contributed by atoms with Crippen LogP contribution in [0.15, 0.2) is 65.8 Å². The van der Waals surface area contributed by atoms with E-state index in [1.807, 2.05) is 48.5 Å². The highest BCUT2D eigenvalue weighted by Crippen LogP contribution is 2.26. The normalized spacial score (nSPS) is 10.7. The summed E-state index contributed by atoms with van der Waals surface area (Å²) < 4.78 is 5.61. The highest BCUT2D eigenvalue weighted by Gasteiger charge is 2.07. The Kier molecular flexibility index (Phi) is 6.09. The number of ether oxygens (including phenoxy) is 1. The van der Waals surface area contributed by atoms with Crippen LogP contribution in [0.4, 0.5) is 0 Å². The van der Waals surface area contributed by atoms with E-state index < -0.39 is 0 Å². The second-order valence-electron chi connectivity index (χ2n) is 5.79. The molecule has 3 aromatic rings. The number of nitrogens with one attached hydrogen (secondary N) is 1. The van der Waals surface area contributed by atoms with Gasteiger partial charge in [0.25, 0.3) is 0 Å². The van der Waals surface area contributed by atoms with Gasteiger partial charge < -0.3 is 4.74 Å². The molecule has 0 unspecified atom stereocenters. The maximum absolute atomic E-state index is 12.1. The SMILES string of the molecule is C#CCOc1ccc2ccccc2c1/C=N/NC(=O)Cc1ccc(Cl)cc1. The third kappa shape index (κ3) is 4.87. The van der Waals surface area contributed by atoms with Gasteiger partial charge in [-0.25, -0.2) is 5.43 Å². The second-order valence-corrected chi connectivity index (χ2v) is 6.22. The summed E-state index contributed by atoms with van der Waals surface area (Å²) in [5, 5.41) is 6.73. The Hall–Kier alpha value is -3.29. The number of carbonyl (C=O) groups excluding carboxylic acids is 1. The summed E-state index contributed by atoms with van der Waals surface area (Å²) >= 11 is 5.85. The molecule has 0 aliphatic rings. The molecule has 3 rings (SSSR count). The fourth-order valence-electron chi connectivity index (χ4n) is 2.65. The van der Waals surface area contributed by atoms with Crippen molar-refractivity contribution < 1.29 is 9.53 Å². The fourth-order valence-corrected chi connectivity index (χ4v) is 2.78.